The Hall–Kier alpha value is -4.16. The molecule has 200 valence electrons. The van der Waals surface area contributed by atoms with Gasteiger partial charge in [-0.25, -0.2) is 4.98 Å². The van der Waals surface area contributed by atoms with Gasteiger partial charge in [-0.05, 0) is 69.7 Å². The number of hydrogen-bond donors (Lipinski definition) is 3. The summed E-state index contributed by atoms with van der Waals surface area (Å²) in [5.41, 5.74) is 13.5. The zero-order chi connectivity index (χ0) is 28.2. The van der Waals surface area contributed by atoms with E-state index in [2.05, 4.69) is 11.1 Å². The highest BCUT2D eigenvalue weighted by molar-refractivity contribution is 5.95. The van der Waals surface area contributed by atoms with Gasteiger partial charge in [0.15, 0.2) is 0 Å². The van der Waals surface area contributed by atoms with Crippen molar-refractivity contribution in [1.29, 1.82) is 5.26 Å². The van der Waals surface area contributed by atoms with Crippen molar-refractivity contribution >= 4 is 11.8 Å². The van der Waals surface area contributed by atoms with Crippen molar-refractivity contribution in [3.63, 3.8) is 0 Å². The van der Waals surface area contributed by atoms with Gasteiger partial charge in [0.25, 0.3) is 0 Å². The number of carbonyl (C=O) groups excluding carboxylic acids is 2. The lowest BCUT2D eigenvalue weighted by Gasteiger charge is -2.23. The lowest BCUT2D eigenvalue weighted by Crippen LogP contribution is -2.20. The summed E-state index contributed by atoms with van der Waals surface area (Å²) in [5, 5.41) is 20.4. The minimum Gasteiger partial charge on any atom is -0.490 e. The van der Waals surface area contributed by atoms with Crippen molar-refractivity contribution in [3.8, 4) is 23.1 Å². The second-order valence-corrected chi connectivity index (χ2v) is 10.3. The first kappa shape index (κ1) is 28.4. The molecule has 0 bridgehead atoms. The summed E-state index contributed by atoms with van der Waals surface area (Å²) in [6.07, 6.45) is 2.51. The van der Waals surface area contributed by atoms with Crippen molar-refractivity contribution in [1.82, 2.24) is 9.55 Å². The highest BCUT2D eigenvalue weighted by Gasteiger charge is 2.26. The molecule has 0 saturated carbocycles. The molecule has 3 aromatic rings. The summed E-state index contributed by atoms with van der Waals surface area (Å²) >= 11 is 0. The molecule has 5 N–H and O–H groups in total. The first-order valence-corrected chi connectivity index (χ1v) is 12.5. The lowest BCUT2D eigenvalue weighted by molar-refractivity contribution is -0.118. The van der Waals surface area contributed by atoms with Crippen LogP contribution in [0, 0.1) is 11.3 Å². The van der Waals surface area contributed by atoms with Gasteiger partial charge in [0.2, 0.25) is 11.8 Å². The van der Waals surface area contributed by atoms with Gasteiger partial charge in [-0.1, -0.05) is 24.3 Å². The minimum atomic E-state index is -1.08. The van der Waals surface area contributed by atoms with Gasteiger partial charge >= 0.3 is 0 Å². The van der Waals surface area contributed by atoms with Crippen molar-refractivity contribution in [3.05, 3.63) is 70.7 Å². The Balaban J connectivity index is 2.02. The second-order valence-electron chi connectivity index (χ2n) is 10.3. The number of ether oxygens (including phenoxy) is 1. The van der Waals surface area contributed by atoms with Crippen LogP contribution in [-0.4, -0.2) is 32.6 Å². The number of rotatable bonds is 11. The molecule has 9 heteroatoms. The van der Waals surface area contributed by atoms with E-state index in [1.165, 1.54) is 0 Å². The normalized spacial score (nSPS) is 12.3. The first-order chi connectivity index (χ1) is 17.8. The predicted octanol–water partition coefficient (Wildman–Crippen LogP) is 3.66. The number of aliphatic hydroxyl groups is 1. The fourth-order valence-electron chi connectivity index (χ4n) is 4.64. The van der Waals surface area contributed by atoms with Gasteiger partial charge < -0.3 is 25.9 Å². The Morgan fingerprint density at radius 2 is 1.82 bits per heavy atom. The van der Waals surface area contributed by atoms with E-state index in [1.54, 1.807) is 30.5 Å². The number of benzene rings is 2. The maximum atomic E-state index is 12.4. The molecule has 0 aliphatic rings. The fraction of sp³-hybridized carbons (Fsp3) is 0.379. The summed E-state index contributed by atoms with van der Waals surface area (Å²) < 4.78 is 7.64. The molecule has 0 saturated heterocycles. The van der Waals surface area contributed by atoms with E-state index in [9.17, 15) is 20.0 Å². The van der Waals surface area contributed by atoms with Crippen molar-refractivity contribution in [2.75, 3.05) is 0 Å². The van der Waals surface area contributed by atoms with E-state index < -0.39 is 23.3 Å². The molecule has 9 nitrogen and oxygen atoms in total. The van der Waals surface area contributed by atoms with E-state index >= 15 is 0 Å². The van der Waals surface area contributed by atoms with Crippen LogP contribution in [0.3, 0.4) is 0 Å². The monoisotopic (exact) mass is 517 g/mol. The fourth-order valence-corrected chi connectivity index (χ4v) is 4.64. The SMILES string of the molecule is CC(C)Oc1ccc(C(N)=O)c([C@H](CCC(N)=O)Cc2ccc(-c3cn(C)c(C(C)(C)O)n3)cc2)c1C#N. The quantitative estimate of drug-likeness (QED) is 0.352. The molecule has 0 radical (unpaired) electrons. The molecule has 1 heterocycles. The molecule has 38 heavy (non-hydrogen) atoms. The summed E-state index contributed by atoms with van der Waals surface area (Å²) in [5.74, 6) is -0.617. The Labute approximate surface area is 223 Å². The zero-order valence-corrected chi connectivity index (χ0v) is 22.5. The van der Waals surface area contributed by atoms with Crippen molar-refractivity contribution in [2.45, 2.75) is 64.6 Å². The highest BCUT2D eigenvalue weighted by atomic mass is 16.5. The lowest BCUT2D eigenvalue weighted by atomic mass is 9.82. The Morgan fingerprint density at radius 1 is 1.16 bits per heavy atom. The van der Waals surface area contributed by atoms with Crippen LogP contribution in [0.4, 0.5) is 0 Å². The average Bonchev–Trinajstić information content (AvgIpc) is 3.23. The number of nitrogens with two attached hydrogens (primary N) is 2. The molecular formula is C29H35N5O4. The Kier molecular flexibility index (Phi) is 8.59. The molecule has 0 spiro atoms. The van der Waals surface area contributed by atoms with Gasteiger partial charge in [0, 0.05) is 30.8 Å². The third-order valence-electron chi connectivity index (χ3n) is 6.25. The van der Waals surface area contributed by atoms with Crippen LogP contribution in [-0.2, 0) is 23.9 Å². The maximum Gasteiger partial charge on any atom is 0.249 e. The van der Waals surface area contributed by atoms with Gasteiger partial charge in [-0.3, -0.25) is 9.59 Å². The Morgan fingerprint density at radius 3 is 2.32 bits per heavy atom. The van der Waals surface area contributed by atoms with E-state index in [-0.39, 0.29) is 23.7 Å². The van der Waals surface area contributed by atoms with Gasteiger partial charge in [-0.15, -0.1) is 0 Å². The molecule has 2 amide bonds. The molecule has 3 rings (SSSR count). The Bertz CT molecular complexity index is 1360. The largest absolute Gasteiger partial charge is 0.490 e. The number of hydrogen-bond acceptors (Lipinski definition) is 6. The summed E-state index contributed by atoms with van der Waals surface area (Å²) in [4.78, 5) is 28.6. The topological polar surface area (TPSA) is 157 Å². The molecule has 0 aliphatic carbocycles. The number of primary amides is 2. The number of carbonyl (C=O) groups is 2. The van der Waals surface area contributed by atoms with E-state index in [0.29, 0.717) is 30.0 Å². The van der Waals surface area contributed by atoms with Crippen LogP contribution in [0.15, 0.2) is 42.6 Å². The standard InChI is InChI=1S/C29H35N5O4/c1-17(2)38-24-12-11-21(27(32)36)26(22(24)15-30)20(10-13-25(31)35)14-18-6-8-19(9-7-18)23-16-34(5)28(33-23)29(3,4)37/h6-9,11-12,16-17,20,37H,10,13-14H2,1-5H3,(H2,31,35)(H2,32,36)/t20-/m1/s1. The van der Waals surface area contributed by atoms with Gasteiger partial charge in [0.05, 0.1) is 17.4 Å². The molecular weight excluding hydrogens is 482 g/mol. The molecule has 1 aromatic heterocycles. The van der Waals surface area contributed by atoms with Crippen LogP contribution < -0.4 is 16.2 Å². The second kappa shape index (κ2) is 11.5. The van der Waals surface area contributed by atoms with Crippen molar-refractivity contribution < 1.29 is 19.4 Å². The smallest absolute Gasteiger partial charge is 0.249 e. The van der Waals surface area contributed by atoms with Crippen LogP contribution >= 0.6 is 0 Å². The number of nitriles is 1. The summed E-state index contributed by atoms with van der Waals surface area (Å²) in [6.45, 7) is 7.07. The summed E-state index contributed by atoms with van der Waals surface area (Å²) in [6, 6.07) is 13.1. The van der Waals surface area contributed by atoms with Crippen LogP contribution in [0.1, 0.15) is 79.3 Å². The number of aryl methyl sites for hydroxylation is 1. The highest BCUT2D eigenvalue weighted by Crippen LogP contribution is 2.36. The third kappa shape index (κ3) is 6.58. The molecule has 0 aliphatic heterocycles. The number of amides is 2. The van der Waals surface area contributed by atoms with Crippen molar-refractivity contribution in [2.24, 2.45) is 18.5 Å². The van der Waals surface area contributed by atoms with E-state index in [0.717, 1.165) is 16.8 Å². The minimum absolute atomic E-state index is 0.0781. The zero-order valence-electron chi connectivity index (χ0n) is 22.5. The first-order valence-electron chi connectivity index (χ1n) is 12.5. The van der Waals surface area contributed by atoms with Crippen LogP contribution in [0.25, 0.3) is 11.3 Å². The molecule has 1 atom stereocenters. The van der Waals surface area contributed by atoms with Gasteiger partial charge in [-0.2, -0.15) is 5.26 Å². The molecule has 0 unspecified atom stereocenters. The molecule has 2 aromatic carbocycles. The van der Waals surface area contributed by atoms with E-state index in [4.69, 9.17) is 16.2 Å². The predicted molar refractivity (Wildman–Crippen MR) is 144 cm³/mol. The number of aromatic nitrogens is 2. The number of imidazole rings is 1. The average molecular weight is 518 g/mol. The number of nitrogens with zero attached hydrogens (tertiary/aromatic N) is 3. The van der Waals surface area contributed by atoms with Gasteiger partial charge in [0.1, 0.15) is 23.2 Å². The van der Waals surface area contributed by atoms with Crippen LogP contribution in [0.2, 0.25) is 0 Å². The molecule has 0 fully saturated rings. The summed E-state index contributed by atoms with van der Waals surface area (Å²) in [7, 11) is 1.84. The van der Waals surface area contributed by atoms with E-state index in [1.807, 2.05) is 51.4 Å². The third-order valence-corrected chi connectivity index (χ3v) is 6.25. The maximum absolute atomic E-state index is 12.4. The van der Waals surface area contributed by atoms with Crippen LogP contribution in [0.5, 0.6) is 5.75 Å².